The molecule has 3 rings (SSSR count). The molecule has 3 aromatic rings. The van der Waals surface area contributed by atoms with E-state index in [9.17, 15) is 9.59 Å². The molecule has 0 saturated heterocycles. The fourth-order valence-corrected chi connectivity index (χ4v) is 5.18. The van der Waals surface area contributed by atoms with Crippen molar-refractivity contribution in [1.82, 2.24) is 9.55 Å². The number of carbonyl (C=O) groups is 1. The van der Waals surface area contributed by atoms with Gasteiger partial charge in [-0.3, -0.25) is 14.2 Å². The molecule has 0 spiro atoms. The maximum Gasteiger partial charge on any atom is 0.263 e. The first-order valence-corrected chi connectivity index (χ1v) is 11.6. The third-order valence-corrected chi connectivity index (χ3v) is 7.27. The van der Waals surface area contributed by atoms with Crippen LogP contribution in [0.5, 0.6) is 5.75 Å². The number of rotatable bonds is 8. The predicted molar refractivity (Wildman–Crippen MR) is 127 cm³/mol. The van der Waals surface area contributed by atoms with E-state index in [0.717, 1.165) is 10.4 Å². The number of amides is 1. The molecule has 31 heavy (non-hydrogen) atoms. The van der Waals surface area contributed by atoms with Gasteiger partial charge >= 0.3 is 0 Å². The maximum absolute atomic E-state index is 13.2. The number of hydrogen-bond donors (Lipinski definition) is 1. The molecule has 1 N–H and O–H groups in total. The van der Waals surface area contributed by atoms with E-state index >= 15 is 0 Å². The van der Waals surface area contributed by atoms with Crippen LogP contribution < -0.4 is 15.6 Å². The smallest absolute Gasteiger partial charge is 0.263 e. The van der Waals surface area contributed by atoms with Gasteiger partial charge in [0.1, 0.15) is 10.6 Å². The van der Waals surface area contributed by atoms with Crippen molar-refractivity contribution in [2.45, 2.75) is 37.7 Å². The number of thioether (sulfide) groups is 1. The molecule has 10 heteroatoms. The molecule has 7 nitrogen and oxygen atoms in total. The van der Waals surface area contributed by atoms with E-state index in [4.69, 9.17) is 26.1 Å². The van der Waals surface area contributed by atoms with Gasteiger partial charge in [0.25, 0.3) is 5.56 Å². The molecule has 0 unspecified atom stereocenters. The van der Waals surface area contributed by atoms with E-state index in [1.54, 1.807) is 36.8 Å². The van der Waals surface area contributed by atoms with E-state index in [0.29, 0.717) is 45.0 Å². The van der Waals surface area contributed by atoms with Gasteiger partial charge in [0.05, 0.1) is 36.6 Å². The minimum absolute atomic E-state index is 0.115. The van der Waals surface area contributed by atoms with Gasteiger partial charge in [0.15, 0.2) is 5.16 Å². The Balaban J connectivity index is 1.92. The number of thiophene rings is 1. The van der Waals surface area contributed by atoms with Crippen molar-refractivity contribution in [2.75, 3.05) is 26.1 Å². The van der Waals surface area contributed by atoms with Gasteiger partial charge in [0, 0.05) is 17.0 Å². The highest BCUT2D eigenvalue weighted by Crippen LogP contribution is 2.31. The molecular weight excluding hydrogens is 458 g/mol. The number of nitrogens with one attached hydrogen (secondary N) is 1. The molecule has 1 aromatic carbocycles. The van der Waals surface area contributed by atoms with Crippen LogP contribution >= 0.6 is 34.7 Å². The quantitative estimate of drug-likeness (QED) is 0.376. The fourth-order valence-electron chi connectivity index (χ4n) is 3.00. The first-order chi connectivity index (χ1) is 14.8. The van der Waals surface area contributed by atoms with Gasteiger partial charge in [-0.15, -0.1) is 11.3 Å². The summed E-state index contributed by atoms with van der Waals surface area (Å²) in [4.78, 5) is 32.5. The van der Waals surface area contributed by atoms with Crippen LogP contribution in [-0.2, 0) is 16.1 Å². The van der Waals surface area contributed by atoms with Crippen molar-refractivity contribution in [3.63, 3.8) is 0 Å². The fraction of sp³-hybridized carbons (Fsp3) is 0.381. The number of hydrogen-bond acceptors (Lipinski definition) is 7. The second-order valence-electron chi connectivity index (χ2n) is 6.90. The van der Waals surface area contributed by atoms with Crippen molar-refractivity contribution in [3.05, 3.63) is 44.0 Å². The number of fused-ring (bicyclic) bond motifs is 1. The molecule has 1 amide bonds. The molecule has 2 aromatic heterocycles. The molecule has 0 radical (unpaired) electrons. The number of carbonyl (C=O) groups excluding carboxylic acids is 1. The van der Waals surface area contributed by atoms with Crippen LogP contribution in [0.3, 0.4) is 0 Å². The average molecular weight is 482 g/mol. The summed E-state index contributed by atoms with van der Waals surface area (Å²) in [5.41, 5.74) is 1.31. The number of halogens is 1. The van der Waals surface area contributed by atoms with E-state index in [1.807, 2.05) is 13.8 Å². The highest BCUT2D eigenvalue weighted by atomic mass is 35.5. The first-order valence-electron chi connectivity index (χ1n) is 9.57. The Morgan fingerprint density at radius 3 is 2.77 bits per heavy atom. The zero-order chi connectivity index (χ0) is 22.7. The SMILES string of the molecule is COCCn1c(S[C@H](C)C(=O)Nc2cc(Cl)ccc2OC)nc2sc(C)c(C)c2c1=O. The third-order valence-electron chi connectivity index (χ3n) is 4.84. The Kier molecular flexibility index (Phi) is 7.64. The highest BCUT2D eigenvalue weighted by Gasteiger charge is 2.22. The molecule has 0 saturated carbocycles. The van der Waals surface area contributed by atoms with Crippen molar-refractivity contribution >= 4 is 56.5 Å². The van der Waals surface area contributed by atoms with Crippen LogP contribution in [0, 0.1) is 13.8 Å². The van der Waals surface area contributed by atoms with Crippen LogP contribution in [0.15, 0.2) is 28.2 Å². The van der Waals surface area contributed by atoms with Crippen LogP contribution in [0.1, 0.15) is 17.4 Å². The van der Waals surface area contributed by atoms with Crippen molar-refractivity contribution in [1.29, 1.82) is 0 Å². The molecule has 1 atom stereocenters. The minimum Gasteiger partial charge on any atom is -0.495 e. The first kappa shape index (κ1) is 23.6. The summed E-state index contributed by atoms with van der Waals surface area (Å²) >= 11 is 8.76. The topological polar surface area (TPSA) is 82.4 Å². The molecular formula is C21H24ClN3O4S2. The molecule has 2 heterocycles. The minimum atomic E-state index is -0.524. The summed E-state index contributed by atoms with van der Waals surface area (Å²) in [6.45, 7) is 6.38. The van der Waals surface area contributed by atoms with Crippen molar-refractivity contribution in [3.8, 4) is 5.75 Å². The van der Waals surface area contributed by atoms with E-state index < -0.39 is 5.25 Å². The summed E-state index contributed by atoms with van der Waals surface area (Å²) in [6, 6.07) is 5.01. The lowest BCUT2D eigenvalue weighted by atomic mass is 10.2. The standard InChI is InChI=1S/C21H24ClN3O4S2/c1-11-12(2)30-19-17(11)20(27)25(8-9-28-4)21(24-19)31-13(3)18(26)23-15-10-14(22)6-7-16(15)29-5/h6-7,10,13H,8-9H2,1-5H3,(H,23,26)/t13-/m1/s1. The Bertz CT molecular complexity index is 1180. The van der Waals surface area contributed by atoms with Gasteiger partial charge in [0.2, 0.25) is 5.91 Å². The number of ether oxygens (including phenoxy) is 2. The molecule has 0 aliphatic heterocycles. The van der Waals surface area contributed by atoms with Crippen LogP contribution in [0.25, 0.3) is 10.2 Å². The van der Waals surface area contributed by atoms with Crippen LogP contribution in [0.2, 0.25) is 5.02 Å². The van der Waals surface area contributed by atoms with Gasteiger partial charge in [-0.2, -0.15) is 0 Å². The average Bonchev–Trinajstić information content (AvgIpc) is 3.01. The highest BCUT2D eigenvalue weighted by molar-refractivity contribution is 8.00. The summed E-state index contributed by atoms with van der Waals surface area (Å²) < 4.78 is 12.0. The second kappa shape index (κ2) is 10.0. The van der Waals surface area contributed by atoms with Gasteiger partial charge in [-0.25, -0.2) is 4.98 Å². The number of nitrogens with zero attached hydrogens (tertiary/aromatic N) is 2. The monoisotopic (exact) mass is 481 g/mol. The molecule has 0 bridgehead atoms. The number of benzene rings is 1. The largest absolute Gasteiger partial charge is 0.495 e. The molecule has 0 fully saturated rings. The maximum atomic E-state index is 13.2. The van der Waals surface area contributed by atoms with Gasteiger partial charge in [-0.1, -0.05) is 23.4 Å². The zero-order valence-electron chi connectivity index (χ0n) is 17.9. The molecule has 0 aliphatic carbocycles. The molecule has 166 valence electrons. The van der Waals surface area contributed by atoms with Crippen molar-refractivity contribution < 1.29 is 14.3 Å². The predicted octanol–water partition coefficient (Wildman–Crippen LogP) is 4.50. The lowest BCUT2D eigenvalue weighted by molar-refractivity contribution is -0.115. The Hall–Kier alpha value is -2.07. The van der Waals surface area contributed by atoms with Crippen LogP contribution in [0.4, 0.5) is 5.69 Å². The van der Waals surface area contributed by atoms with E-state index in [-0.39, 0.29) is 11.5 Å². The van der Waals surface area contributed by atoms with Crippen LogP contribution in [-0.4, -0.2) is 41.5 Å². The third kappa shape index (κ3) is 5.06. The van der Waals surface area contributed by atoms with E-state index in [1.165, 1.54) is 30.2 Å². The summed E-state index contributed by atoms with van der Waals surface area (Å²) in [6.07, 6.45) is 0. The normalized spacial score (nSPS) is 12.2. The number of anilines is 1. The summed E-state index contributed by atoms with van der Waals surface area (Å²) in [5.74, 6) is 0.257. The summed E-state index contributed by atoms with van der Waals surface area (Å²) in [7, 11) is 3.11. The Morgan fingerprint density at radius 1 is 1.35 bits per heavy atom. The van der Waals surface area contributed by atoms with Gasteiger partial charge in [-0.05, 0) is 44.5 Å². The molecule has 0 aliphatic rings. The van der Waals surface area contributed by atoms with Crippen molar-refractivity contribution in [2.24, 2.45) is 0 Å². The lowest BCUT2D eigenvalue weighted by Gasteiger charge is -2.16. The number of aryl methyl sites for hydroxylation is 2. The zero-order valence-corrected chi connectivity index (χ0v) is 20.3. The summed E-state index contributed by atoms with van der Waals surface area (Å²) in [5, 5.41) is 3.92. The van der Waals surface area contributed by atoms with Gasteiger partial charge < -0.3 is 14.8 Å². The number of aromatic nitrogens is 2. The second-order valence-corrected chi connectivity index (χ2v) is 9.85. The Labute approximate surface area is 193 Å². The number of methoxy groups -OCH3 is 2. The van der Waals surface area contributed by atoms with E-state index in [2.05, 4.69) is 5.32 Å². The lowest BCUT2D eigenvalue weighted by Crippen LogP contribution is -2.28. The Morgan fingerprint density at radius 2 is 2.10 bits per heavy atom.